The molecule has 0 aliphatic heterocycles. The summed E-state index contributed by atoms with van der Waals surface area (Å²) in [5.74, 6) is 0.679. The maximum atomic E-state index is 12.1. The van der Waals surface area contributed by atoms with Crippen molar-refractivity contribution in [2.24, 2.45) is 10.7 Å². The highest BCUT2D eigenvalue weighted by Crippen LogP contribution is 2.24. The molecule has 3 rings (SSSR count). The lowest BCUT2D eigenvalue weighted by molar-refractivity contribution is -0.117. The van der Waals surface area contributed by atoms with Crippen molar-refractivity contribution in [1.29, 1.82) is 0 Å². The van der Waals surface area contributed by atoms with E-state index in [2.05, 4.69) is 10.3 Å². The zero-order chi connectivity index (χ0) is 23.5. The molecule has 5 nitrogen and oxygen atoms in total. The van der Waals surface area contributed by atoms with Crippen LogP contribution in [0, 0.1) is 0 Å². The van der Waals surface area contributed by atoms with Gasteiger partial charge in [-0.3, -0.25) is 4.79 Å². The Morgan fingerprint density at radius 1 is 1.03 bits per heavy atom. The maximum Gasteiger partial charge on any atom is 0.247 e. The highest BCUT2D eigenvalue weighted by atomic mass is 35.5. The molecule has 0 aliphatic rings. The van der Waals surface area contributed by atoms with Crippen LogP contribution in [-0.2, 0) is 24.4 Å². The highest BCUT2D eigenvalue weighted by Gasteiger charge is 2.07. The molecule has 1 amide bonds. The quantitative estimate of drug-likeness (QED) is 0.312. The van der Waals surface area contributed by atoms with Crippen molar-refractivity contribution in [3.05, 3.63) is 112 Å². The lowest BCUT2D eigenvalue weighted by Gasteiger charge is -2.14. The van der Waals surface area contributed by atoms with Crippen LogP contribution in [0.4, 0.5) is 0 Å². The first kappa shape index (κ1) is 24.1. The monoisotopic (exact) mass is 461 g/mol. The molecule has 0 bridgehead atoms. The molecule has 0 aromatic heterocycles. The molecule has 0 radical (unpaired) electrons. The average molecular weight is 462 g/mol. The van der Waals surface area contributed by atoms with E-state index in [-0.39, 0.29) is 11.7 Å². The van der Waals surface area contributed by atoms with Crippen LogP contribution in [0.2, 0.25) is 5.02 Å². The second-order valence-electron chi connectivity index (χ2n) is 7.62. The lowest BCUT2D eigenvalue weighted by Crippen LogP contribution is -2.17. The Morgan fingerprint density at radius 2 is 1.70 bits per heavy atom. The minimum Gasteiger partial charge on any atom is -0.489 e. The van der Waals surface area contributed by atoms with Crippen LogP contribution >= 0.6 is 11.6 Å². The number of carbonyl (C=O) groups is 1. The number of allylic oxidation sites excluding steroid dienone is 1. The van der Waals surface area contributed by atoms with Crippen LogP contribution in [0.1, 0.15) is 30.0 Å². The van der Waals surface area contributed by atoms with Gasteiger partial charge in [0.2, 0.25) is 5.91 Å². The Morgan fingerprint density at radius 3 is 2.39 bits per heavy atom. The van der Waals surface area contributed by atoms with E-state index in [0.717, 1.165) is 28.1 Å². The van der Waals surface area contributed by atoms with Crippen molar-refractivity contribution >= 4 is 23.3 Å². The maximum absolute atomic E-state index is 12.1. The van der Waals surface area contributed by atoms with Crippen molar-refractivity contribution in [2.45, 2.75) is 32.9 Å². The largest absolute Gasteiger partial charge is 0.489 e. The van der Waals surface area contributed by atoms with Gasteiger partial charge in [0.15, 0.2) is 0 Å². The number of amidine groups is 1. The zero-order valence-electron chi connectivity index (χ0n) is 18.6. The van der Waals surface area contributed by atoms with E-state index in [1.807, 2.05) is 79.7 Å². The Hall–Kier alpha value is -3.57. The molecular formula is C27H28ClN3O2. The number of halogens is 1. The minimum absolute atomic E-state index is 0.171. The second-order valence-corrected chi connectivity index (χ2v) is 8.06. The van der Waals surface area contributed by atoms with Gasteiger partial charge in [-0.1, -0.05) is 72.3 Å². The number of nitrogens with zero attached hydrogens (tertiary/aromatic N) is 1. The Labute approximate surface area is 200 Å². The standard InChI is InChI=1S/C27H28ClN3O2/c1-20(16-26(29)31-27(32)15-12-21-8-4-2-5-9-21)30-18-23-17-24(28)13-14-25(23)33-19-22-10-6-3-7-11-22/h2-11,13-14,16-17,30H,12,15,18-19H2,1H3,(H2,29,31,32)/b20-16-. The predicted molar refractivity (Wildman–Crippen MR) is 134 cm³/mol. The van der Waals surface area contributed by atoms with Gasteiger partial charge in [0.1, 0.15) is 18.2 Å². The van der Waals surface area contributed by atoms with Crippen molar-refractivity contribution in [3.63, 3.8) is 0 Å². The first-order valence-electron chi connectivity index (χ1n) is 10.8. The molecule has 0 fully saturated rings. The van der Waals surface area contributed by atoms with E-state index in [9.17, 15) is 4.79 Å². The van der Waals surface area contributed by atoms with Gasteiger partial charge in [0.05, 0.1) is 0 Å². The third kappa shape index (κ3) is 8.47. The van der Waals surface area contributed by atoms with Crippen LogP contribution in [0.15, 0.2) is 95.6 Å². The smallest absolute Gasteiger partial charge is 0.247 e. The van der Waals surface area contributed by atoms with Crippen molar-refractivity contribution < 1.29 is 9.53 Å². The molecular weight excluding hydrogens is 434 g/mol. The number of hydrogen-bond donors (Lipinski definition) is 2. The number of aliphatic imine (C=N–C) groups is 1. The van der Waals surface area contributed by atoms with Gasteiger partial charge in [-0.25, -0.2) is 0 Å². The van der Waals surface area contributed by atoms with Gasteiger partial charge >= 0.3 is 0 Å². The van der Waals surface area contributed by atoms with Crippen LogP contribution < -0.4 is 15.8 Å². The molecule has 3 aromatic carbocycles. The van der Waals surface area contributed by atoms with Gasteiger partial charge < -0.3 is 15.8 Å². The number of amides is 1. The van der Waals surface area contributed by atoms with Gasteiger partial charge in [-0.05, 0) is 48.7 Å². The number of aryl methyl sites for hydroxylation is 1. The van der Waals surface area contributed by atoms with Crippen LogP contribution in [-0.4, -0.2) is 11.7 Å². The first-order chi connectivity index (χ1) is 16.0. The first-order valence-corrected chi connectivity index (χ1v) is 11.2. The number of benzene rings is 3. The predicted octanol–water partition coefficient (Wildman–Crippen LogP) is 5.43. The third-order valence-electron chi connectivity index (χ3n) is 4.91. The molecule has 3 aromatic rings. The fourth-order valence-corrected chi connectivity index (χ4v) is 3.39. The number of ether oxygens (including phenoxy) is 1. The zero-order valence-corrected chi connectivity index (χ0v) is 19.4. The van der Waals surface area contributed by atoms with Crippen molar-refractivity contribution in [3.8, 4) is 5.75 Å². The second kappa shape index (κ2) is 12.5. The summed E-state index contributed by atoms with van der Waals surface area (Å²) < 4.78 is 6.00. The number of hydrogen-bond acceptors (Lipinski definition) is 3. The van der Waals surface area contributed by atoms with Gasteiger partial charge in [-0.2, -0.15) is 4.99 Å². The van der Waals surface area contributed by atoms with E-state index < -0.39 is 0 Å². The molecule has 170 valence electrons. The number of nitrogens with two attached hydrogens (primary N) is 1. The molecule has 3 N–H and O–H groups in total. The average Bonchev–Trinajstić information content (AvgIpc) is 2.82. The van der Waals surface area contributed by atoms with Crippen molar-refractivity contribution in [1.82, 2.24) is 5.32 Å². The normalized spacial score (nSPS) is 11.8. The van der Waals surface area contributed by atoms with E-state index in [4.69, 9.17) is 22.1 Å². The molecule has 0 unspecified atom stereocenters. The summed E-state index contributed by atoms with van der Waals surface area (Å²) in [5.41, 5.74) is 9.83. The van der Waals surface area contributed by atoms with Crippen LogP contribution in [0.3, 0.4) is 0 Å². The number of rotatable bonds is 10. The molecule has 33 heavy (non-hydrogen) atoms. The third-order valence-corrected chi connectivity index (χ3v) is 5.14. The molecule has 0 saturated heterocycles. The topological polar surface area (TPSA) is 76.7 Å². The number of nitrogens with one attached hydrogen (secondary N) is 1. The minimum atomic E-state index is -0.244. The van der Waals surface area contributed by atoms with E-state index in [1.165, 1.54) is 0 Å². The summed E-state index contributed by atoms with van der Waals surface area (Å²) in [7, 11) is 0. The van der Waals surface area contributed by atoms with E-state index in [0.29, 0.717) is 31.0 Å². The Kier molecular flexibility index (Phi) is 9.09. The van der Waals surface area contributed by atoms with Crippen molar-refractivity contribution in [2.75, 3.05) is 0 Å². The summed E-state index contributed by atoms with van der Waals surface area (Å²) >= 11 is 6.19. The summed E-state index contributed by atoms with van der Waals surface area (Å²) in [5, 5.41) is 3.91. The SMILES string of the molecule is C/C(=C/C(N)=NC(=O)CCc1ccccc1)NCc1cc(Cl)ccc1OCc1ccccc1. The molecule has 0 spiro atoms. The molecule has 6 heteroatoms. The summed E-state index contributed by atoms with van der Waals surface area (Å²) in [6.45, 7) is 2.82. The summed E-state index contributed by atoms with van der Waals surface area (Å²) in [4.78, 5) is 16.1. The Balaban J connectivity index is 1.55. The highest BCUT2D eigenvalue weighted by molar-refractivity contribution is 6.30. The van der Waals surface area contributed by atoms with Crippen LogP contribution in [0.5, 0.6) is 5.75 Å². The Bertz CT molecular complexity index is 1110. The molecule has 0 heterocycles. The van der Waals surface area contributed by atoms with Gasteiger partial charge in [0.25, 0.3) is 0 Å². The van der Waals surface area contributed by atoms with Crippen LogP contribution in [0.25, 0.3) is 0 Å². The fraction of sp³-hybridized carbons (Fsp3) is 0.185. The van der Waals surface area contributed by atoms with E-state index >= 15 is 0 Å². The lowest BCUT2D eigenvalue weighted by atomic mass is 10.1. The number of carbonyl (C=O) groups excluding carboxylic acids is 1. The summed E-state index contributed by atoms with van der Waals surface area (Å²) in [6, 6.07) is 25.3. The molecule has 0 saturated carbocycles. The van der Waals surface area contributed by atoms with E-state index in [1.54, 1.807) is 12.1 Å². The summed E-state index contributed by atoms with van der Waals surface area (Å²) in [6.07, 6.45) is 2.60. The fourth-order valence-electron chi connectivity index (χ4n) is 3.20. The van der Waals surface area contributed by atoms with Gasteiger partial charge in [0, 0.05) is 29.2 Å². The molecule has 0 atom stereocenters. The van der Waals surface area contributed by atoms with Gasteiger partial charge in [-0.15, -0.1) is 0 Å². The molecule has 0 aliphatic carbocycles.